The van der Waals surface area contributed by atoms with Crippen molar-refractivity contribution in [3.63, 3.8) is 0 Å². The van der Waals surface area contributed by atoms with E-state index in [9.17, 15) is 9.59 Å². The first-order chi connectivity index (χ1) is 18.4. The second-order valence-electron chi connectivity index (χ2n) is 9.22. The van der Waals surface area contributed by atoms with E-state index in [1.807, 2.05) is 86.6 Å². The highest BCUT2D eigenvalue weighted by Crippen LogP contribution is 2.27. The number of hydrogen-bond donors (Lipinski definition) is 2. The standard InChI is InChI=1S/C30H32BrN5O2/c1-4-5-17-35(30(38)32-25-14-10-9-13-24(25)31)20-29(37)33-28-19-26(23-11-7-6-8-12-23)34-36(28)27-16-15-21(2)18-22(27)3/h6-16,18-19H,4-5,17,20H2,1-3H3,(H,32,38)(H,33,37). The van der Waals surface area contributed by atoms with Gasteiger partial charge in [-0.3, -0.25) is 4.79 Å². The number of nitrogens with one attached hydrogen (secondary N) is 2. The molecule has 0 aliphatic heterocycles. The molecule has 196 valence electrons. The van der Waals surface area contributed by atoms with E-state index in [1.54, 1.807) is 4.68 Å². The van der Waals surface area contributed by atoms with Gasteiger partial charge in [0.05, 0.1) is 17.1 Å². The lowest BCUT2D eigenvalue weighted by Gasteiger charge is -2.23. The van der Waals surface area contributed by atoms with Crippen molar-refractivity contribution in [3.05, 3.63) is 94.5 Å². The number of unbranched alkanes of at least 4 members (excludes halogenated alkanes) is 1. The molecule has 3 amide bonds. The van der Waals surface area contributed by atoms with Crippen molar-refractivity contribution in [1.29, 1.82) is 0 Å². The average Bonchev–Trinajstić information content (AvgIpc) is 3.31. The average molecular weight is 575 g/mol. The summed E-state index contributed by atoms with van der Waals surface area (Å²) >= 11 is 3.46. The maximum absolute atomic E-state index is 13.3. The Morgan fingerprint density at radius 1 is 0.947 bits per heavy atom. The van der Waals surface area contributed by atoms with Gasteiger partial charge in [-0.25, -0.2) is 9.48 Å². The minimum atomic E-state index is -0.326. The predicted octanol–water partition coefficient (Wildman–Crippen LogP) is 7.19. The van der Waals surface area contributed by atoms with E-state index in [0.717, 1.165) is 45.4 Å². The lowest BCUT2D eigenvalue weighted by Crippen LogP contribution is -2.41. The number of anilines is 2. The van der Waals surface area contributed by atoms with Crippen LogP contribution in [0.15, 0.2) is 83.3 Å². The van der Waals surface area contributed by atoms with E-state index in [-0.39, 0.29) is 18.5 Å². The summed E-state index contributed by atoms with van der Waals surface area (Å²) in [5, 5.41) is 10.7. The summed E-state index contributed by atoms with van der Waals surface area (Å²) in [6, 6.07) is 24.9. The van der Waals surface area contributed by atoms with Crippen LogP contribution in [-0.4, -0.2) is 39.7 Å². The summed E-state index contributed by atoms with van der Waals surface area (Å²) in [6.45, 7) is 6.50. The topological polar surface area (TPSA) is 79.3 Å². The highest BCUT2D eigenvalue weighted by molar-refractivity contribution is 9.10. The first-order valence-electron chi connectivity index (χ1n) is 12.7. The Morgan fingerprint density at radius 3 is 2.39 bits per heavy atom. The normalized spacial score (nSPS) is 10.7. The Bertz CT molecular complexity index is 1420. The molecule has 0 fully saturated rings. The number of halogens is 1. The molecule has 0 spiro atoms. The van der Waals surface area contributed by atoms with Gasteiger partial charge in [0.25, 0.3) is 0 Å². The fourth-order valence-corrected chi connectivity index (χ4v) is 4.54. The molecule has 1 heterocycles. The second kappa shape index (κ2) is 12.6. The number of urea groups is 1. The quantitative estimate of drug-likeness (QED) is 0.222. The third-order valence-corrected chi connectivity index (χ3v) is 6.84. The zero-order valence-electron chi connectivity index (χ0n) is 21.9. The van der Waals surface area contributed by atoms with Gasteiger partial charge in [0.2, 0.25) is 5.91 Å². The number of benzene rings is 3. The van der Waals surface area contributed by atoms with E-state index < -0.39 is 0 Å². The first kappa shape index (κ1) is 27.1. The maximum atomic E-state index is 13.3. The van der Waals surface area contributed by atoms with Crippen molar-refractivity contribution < 1.29 is 9.59 Å². The number of aryl methyl sites for hydroxylation is 2. The van der Waals surface area contributed by atoms with Gasteiger partial charge in [0.1, 0.15) is 12.4 Å². The lowest BCUT2D eigenvalue weighted by molar-refractivity contribution is -0.116. The molecule has 38 heavy (non-hydrogen) atoms. The van der Waals surface area contributed by atoms with Crippen LogP contribution in [0.2, 0.25) is 0 Å². The summed E-state index contributed by atoms with van der Waals surface area (Å²) in [6.07, 6.45) is 1.69. The smallest absolute Gasteiger partial charge is 0.315 e. The minimum absolute atomic E-state index is 0.0883. The van der Waals surface area contributed by atoms with Gasteiger partial charge >= 0.3 is 6.03 Å². The van der Waals surface area contributed by atoms with Crippen LogP contribution in [0.5, 0.6) is 0 Å². The molecular formula is C30H32BrN5O2. The van der Waals surface area contributed by atoms with Crippen molar-refractivity contribution in [2.45, 2.75) is 33.6 Å². The van der Waals surface area contributed by atoms with Crippen molar-refractivity contribution >= 4 is 39.4 Å². The summed E-state index contributed by atoms with van der Waals surface area (Å²) in [7, 11) is 0. The van der Waals surface area contributed by atoms with E-state index in [1.165, 1.54) is 4.90 Å². The van der Waals surface area contributed by atoms with Gasteiger partial charge in [-0.15, -0.1) is 0 Å². The van der Waals surface area contributed by atoms with Crippen molar-refractivity contribution in [2.75, 3.05) is 23.7 Å². The van der Waals surface area contributed by atoms with E-state index in [4.69, 9.17) is 5.10 Å². The number of carbonyl (C=O) groups is 2. The number of carbonyl (C=O) groups excluding carboxylic acids is 2. The summed E-state index contributed by atoms with van der Waals surface area (Å²) in [5.41, 5.74) is 5.41. The van der Waals surface area contributed by atoms with Gasteiger partial charge in [-0.2, -0.15) is 5.10 Å². The van der Waals surface area contributed by atoms with Crippen molar-refractivity contribution in [2.24, 2.45) is 0 Å². The molecule has 3 aromatic carbocycles. The molecule has 0 saturated carbocycles. The molecule has 8 heteroatoms. The van der Waals surface area contributed by atoms with Gasteiger partial charge in [0.15, 0.2) is 0 Å². The molecule has 0 aliphatic rings. The van der Waals surface area contributed by atoms with Crippen LogP contribution in [0.4, 0.5) is 16.3 Å². The third-order valence-electron chi connectivity index (χ3n) is 6.15. The van der Waals surface area contributed by atoms with Crippen LogP contribution < -0.4 is 10.6 Å². The molecule has 0 atom stereocenters. The molecule has 0 aliphatic carbocycles. The van der Waals surface area contributed by atoms with Crippen molar-refractivity contribution in [3.8, 4) is 16.9 Å². The van der Waals surface area contributed by atoms with Crippen molar-refractivity contribution in [1.82, 2.24) is 14.7 Å². The lowest BCUT2D eigenvalue weighted by atomic mass is 10.1. The first-order valence-corrected chi connectivity index (χ1v) is 13.5. The predicted molar refractivity (Wildman–Crippen MR) is 157 cm³/mol. The van der Waals surface area contributed by atoms with Crippen LogP contribution >= 0.6 is 15.9 Å². The molecule has 1 aromatic heterocycles. The molecular weight excluding hydrogens is 542 g/mol. The van der Waals surface area contributed by atoms with Crippen LogP contribution in [-0.2, 0) is 4.79 Å². The zero-order chi connectivity index (χ0) is 27.1. The van der Waals surface area contributed by atoms with Gasteiger partial charge in [-0.1, -0.05) is 73.5 Å². The van der Waals surface area contributed by atoms with E-state index in [2.05, 4.69) is 39.6 Å². The minimum Gasteiger partial charge on any atom is -0.315 e. The highest BCUT2D eigenvalue weighted by Gasteiger charge is 2.20. The Labute approximate surface area is 232 Å². The van der Waals surface area contributed by atoms with Gasteiger partial charge in [0, 0.05) is 22.6 Å². The zero-order valence-corrected chi connectivity index (χ0v) is 23.5. The molecule has 2 N–H and O–H groups in total. The van der Waals surface area contributed by atoms with Crippen LogP contribution in [0.1, 0.15) is 30.9 Å². The molecule has 0 saturated heterocycles. The molecule has 4 aromatic rings. The largest absolute Gasteiger partial charge is 0.322 e. The van der Waals surface area contributed by atoms with Gasteiger partial charge < -0.3 is 15.5 Å². The fourth-order valence-electron chi connectivity index (χ4n) is 4.16. The van der Waals surface area contributed by atoms with Gasteiger partial charge in [-0.05, 0) is 60.0 Å². The highest BCUT2D eigenvalue weighted by atomic mass is 79.9. The molecule has 0 unspecified atom stereocenters. The molecule has 0 radical (unpaired) electrons. The SMILES string of the molecule is CCCCN(CC(=O)Nc1cc(-c2ccccc2)nn1-c1ccc(C)cc1C)C(=O)Nc1ccccc1Br. The number of aromatic nitrogens is 2. The summed E-state index contributed by atoms with van der Waals surface area (Å²) in [5.74, 6) is 0.247. The molecule has 0 bridgehead atoms. The van der Waals surface area contributed by atoms with Crippen LogP contribution in [0.3, 0.4) is 0 Å². The summed E-state index contributed by atoms with van der Waals surface area (Å²) in [4.78, 5) is 27.9. The summed E-state index contributed by atoms with van der Waals surface area (Å²) < 4.78 is 2.53. The Hall–Kier alpha value is -3.91. The Morgan fingerprint density at radius 2 is 1.68 bits per heavy atom. The third kappa shape index (κ3) is 6.69. The Balaban J connectivity index is 1.59. The maximum Gasteiger partial charge on any atom is 0.322 e. The fraction of sp³-hybridized carbons (Fsp3) is 0.233. The number of rotatable bonds is 9. The van der Waals surface area contributed by atoms with Crippen LogP contribution in [0.25, 0.3) is 16.9 Å². The van der Waals surface area contributed by atoms with Crippen LogP contribution in [0, 0.1) is 13.8 Å². The number of hydrogen-bond acceptors (Lipinski definition) is 3. The number of para-hydroxylation sites is 1. The van der Waals surface area contributed by atoms with E-state index in [0.29, 0.717) is 18.1 Å². The second-order valence-corrected chi connectivity index (χ2v) is 10.1. The Kier molecular flexibility index (Phi) is 8.97. The monoisotopic (exact) mass is 573 g/mol. The molecule has 7 nitrogen and oxygen atoms in total. The molecule has 4 rings (SSSR count). The van der Waals surface area contributed by atoms with E-state index >= 15 is 0 Å². The number of amides is 3. The number of nitrogens with zero attached hydrogens (tertiary/aromatic N) is 3.